The molecule has 3 N–H and O–H groups in total. The first-order valence-corrected chi connectivity index (χ1v) is 6.25. The van der Waals surface area contributed by atoms with E-state index in [1.165, 1.54) is 17.1 Å². The molecule has 0 saturated carbocycles. The zero-order chi connectivity index (χ0) is 13.1. The fourth-order valence-electron chi connectivity index (χ4n) is 1.38. The van der Waals surface area contributed by atoms with Gasteiger partial charge >= 0.3 is 0 Å². The van der Waals surface area contributed by atoms with Gasteiger partial charge in [-0.3, -0.25) is 5.14 Å². The predicted molar refractivity (Wildman–Crippen MR) is 74.1 cm³/mol. The van der Waals surface area contributed by atoms with Crippen LogP contribution in [0.25, 0.3) is 5.69 Å². The molecule has 0 bridgehead atoms. The van der Waals surface area contributed by atoms with Crippen molar-refractivity contribution in [2.24, 2.45) is 5.14 Å². The lowest BCUT2D eigenvalue weighted by atomic mass is 10.2. The third-order valence-electron chi connectivity index (χ3n) is 2.15. The lowest BCUT2D eigenvalue weighted by molar-refractivity contribution is 0.611. The van der Waals surface area contributed by atoms with Crippen LogP contribution in [0.4, 0.5) is 10.1 Å². The maximum Gasteiger partial charge on any atom is 0.153 e. The van der Waals surface area contributed by atoms with Crippen LogP contribution in [0.2, 0.25) is 0 Å². The van der Waals surface area contributed by atoms with Crippen LogP contribution in [-0.2, 0) is 0 Å². The van der Waals surface area contributed by atoms with Gasteiger partial charge in [-0.05, 0) is 37.1 Å². The standard InChI is InChI=1S/C10H10FN5S2/c1-6-13-5-16(15-6)9-3-2-7(4-8(9)11)14-10(17)18-12/h2-5H,12H2,1H3,(H,14,17). The lowest BCUT2D eigenvalue weighted by Gasteiger charge is -2.07. The van der Waals surface area contributed by atoms with Gasteiger partial charge in [0.2, 0.25) is 0 Å². The van der Waals surface area contributed by atoms with Gasteiger partial charge in [0.1, 0.15) is 17.8 Å². The Hall–Kier alpha value is -1.51. The summed E-state index contributed by atoms with van der Waals surface area (Å²) in [4.78, 5) is 3.95. The van der Waals surface area contributed by atoms with E-state index in [1.54, 1.807) is 19.1 Å². The van der Waals surface area contributed by atoms with Gasteiger partial charge in [0.15, 0.2) is 10.1 Å². The molecule has 0 spiro atoms. The summed E-state index contributed by atoms with van der Waals surface area (Å²) in [5.74, 6) is 0.159. The fraction of sp³-hybridized carbons (Fsp3) is 0.100. The number of hydrogen-bond acceptors (Lipinski definition) is 5. The maximum atomic E-state index is 13.9. The molecule has 2 rings (SSSR count). The van der Waals surface area contributed by atoms with Crippen LogP contribution in [0.1, 0.15) is 5.82 Å². The zero-order valence-corrected chi connectivity index (χ0v) is 11.1. The Bertz CT molecular complexity index is 583. The summed E-state index contributed by atoms with van der Waals surface area (Å²) in [5.41, 5.74) is 0.864. The van der Waals surface area contributed by atoms with Crippen molar-refractivity contribution in [1.29, 1.82) is 0 Å². The molecular weight excluding hydrogens is 273 g/mol. The molecule has 18 heavy (non-hydrogen) atoms. The van der Waals surface area contributed by atoms with Crippen molar-refractivity contribution in [3.05, 3.63) is 36.2 Å². The molecule has 0 unspecified atom stereocenters. The normalized spacial score (nSPS) is 10.4. The Balaban J connectivity index is 2.28. The van der Waals surface area contributed by atoms with E-state index < -0.39 is 5.82 Å². The van der Waals surface area contributed by atoms with Crippen molar-refractivity contribution in [3.8, 4) is 5.69 Å². The number of nitrogens with one attached hydrogen (secondary N) is 1. The summed E-state index contributed by atoms with van der Waals surface area (Å²) in [5, 5.41) is 12.1. The first-order valence-electron chi connectivity index (χ1n) is 4.96. The highest BCUT2D eigenvalue weighted by Crippen LogP contribution is 2.18. The molecule has 0 amide bonds. The third-order valence-corrected chi connectivity index (χ3v) is 2.86. The second-order valence-corrected chi connectivity index (χ2v) is 4.74. The molecule has 0 aliphatic carbocycles. The van der Waals surface area contributed by atoms with Gasteiger partial charge in [-0.2, -0.15) is 5.10 Å². The predicted octanol–water partition coefficient (Wildman–Crippen LogP) is 2.02. The molecule has 5 nitrogen and oxygen atoms in total. The third kappa shape index (κ3) is 2.84. The van der Waals surface area contributed by atoms with Crippen LogP contribution < -0.4 is 10.5 Å². The summed E-state index contributed by atoms with van der Waals surface area (Å²) >= 11 is 5.79. The number of aryl methyl sites for hydroxylation is 1. The highest BCUT2D eigenvalue weighted by Gasteiger charge is 2.08. The summed E-state index contributed by atoms with van der Waals surface area (Å²) < 4.78 is 15.6. The largest absolute Gasteiger partial charge is 0.340 e. The summed E-state index contributed by atoms with van der Waals surface area (Å²) in [6.45, 7) is 1.74. The monoisotopic (exact) mass is 283 g/mol. The molecule has 8 heteroatoms. The molecule has 0 atom stereocenters. The Morgan fingerprint density at radius 1 is 1.56 bits per heavy atom. The maximum absolute atomic E-state index is 13.9. The van der Waals surface area contributed by atoms with Gasteiger partial charge in [-0.1, -0.05) is 12.2 Å². The fourth-order valence-corrected chi connectivity index (χ4v) is 1.67. The first kappa shape index (κ1) is 12.9. The molecule has 94 valence electrons. The van der Waals surface area contributed by atoms with Crippen LogP contribution in [-0.4, -0.2) is 19.1 Å². The van der Waals surface area contributed by atoms with E-state index in [2.05, 4.69) is 15.4 Å². The van der Waals surface area contributed by atoms with E-state index in [9.17, 15) is 4.39 Å². The Kier molecular flexibility index (Phi) is 3.90. The first-order chi connectivity index (χ1) is 8.60. The molecule has 0 aliphatic rings. The van der Waals surface area contributed by atoms with Crippen LogP contribution >= 0.6 is 24.2 Å². The highest BCUT2D eigenvalue weighted by atomic mass is 32.2. The molecule has 0 aliphatic heterocycles. The average Bonchev–Trinajstić information content (AvgIpc) is 2.75. The molecule has 1 aromatic carbocycles. The minimum absolute atomic E-state index is 0.326. The second-order valence-electron chi connectivity index (χ2n) is 3.43. The van der Waals surface area contributed by atoms with Gasteiger partial charge in [0.25, 0.3) is 0 Å². The van der Waals surface area contributed by atoms with E-state index in [0.29, 0.717) is 21.5 Å². The van der Waals surface area contributed by atoms with E-state index in [-0.39, 0.29) is 0 Å². The molecular formula is C10H10FN5S2. The van der Waals surface area contributed by atoms with Crippen LogP contribution in [0.15, 0.2) is 24.5 Å². The van der Waals surface area contributed by atoms with Crippen molar-refractivity contribution in [1.82, 2.24) is 14.8 Å². The number of hydrogen-bond donors (Lipinski definition) is 2. The van der Waals surface area contributed by atoms with Crippen molar-refractivity contribution < 1.29 is 4.39 Å². The number of benzene rings is 1. The number of anilines is 1. The van der Waals surface area contributed by atoms with Gasteiger partial charge in [0.05, 0.1) is 0 Å². The number of nitrogens with two attached hydrogens (primary N) is 1. The SMILES string of the molecule is Cc1ncn(-c2ccc(NC(=S)SN)cc2F)n1. The minimum atomic E-state index is -0.422. The van der Waals surface area contributed by atoms with Gasteiger partial charge < -0.3 is 5.32 Å². The number of thiocarbonyl (C=S) groups is 1. The quantitative estimate of drug-likeness (QED) is 0.649. The summed E-state index contributed by atoms with van der Waals surface area (Å²) in [6.07, 6.45) is 1.46. The topological polar surface area (TPSA) is 68.8 Å². The van der Waals surface area contributed by atoms with Gasteiger partial charge in [0, 0.05) is 5.69 Å². The zero-order valence-electron chi connectivity index (χ0n) is 9.42. The number of aromatic nitrogens is 3. The van der Waals surface area contributed by atoms with Crippen LogP contribution in [0.3, 0.4) is 0 Å². The van der Waals surface area contributed by atoms with Gasteiger partial charge in [-0.15, -0.1) is 0 Å². The number of halogens is 1. The van der Waals surface area contributed by atoms with E-state index in [0.717, 1.165) is 11.9 Å². The number of rotatable bonds is 2. The van der Waals surface area contributed by atoms with E-state index in [4.69, 9.17) is 17.4 Å². The van der Waals surface area contributed by atoms with E-state index >= 15 is 0 Å². The second kappa shape index (κ2) is 5.42. The molecule has 2 aromatic rings. The highest BCUT2D eigenvalue weighted by molar-refractivity contribution is 8.21. The van der Waals surface area contributed by atoms with Crippen molar-refractivity contribution in [2.45, 2.75) is 6.92 Å². The van der Waals surface area contributed by atoms with Crippen molar-refractivity contribution in [3.63, 3.8) is 0 Å². The molecule has 0 fully saturated rings. The Labute approximate surface area is 113 Å². The van der Waals surface area contributed by atoms with E-state index in [1.807, 2.05) is 0 Å². The summed E-state index contributed by atoms with van der Waals surface area (Å²) in [6, 6.07) is 4.61. The van der Waals surface area contributed by atoms with Crippen LogP contribution in [0.5, 0.6) is 0 Å². The Morgan fingerprint density at radius 3 is 2.89 bits per heavy atom. The van der Waals surface area contributed by atoms with Crippen molar-refractivity contribution in [2.75, 3.05) is 5.32 Å². The molecule has 0 saturated heterocycles. The summed E-state index contributed by atoms with van der Waals surface area (Å²) in [7, 11) is 0. The number of nitrogens with zero attached hydrogens (tertiary/aromatic N) is 3. The minimum Gasteiger partial charge on any atom is -0.340 e. The lowest BCUT2D eigenvalue weighted by Crippen LogP contribution is -2.08. The molecule has 0 radical (unpaired) electrons. The molecule has 1 aromatic heterocycles. The Morgan fingerprint density at radius 2 is 2.33 bits per heavy atom. The average molecular weight is 283 g/mol. The van der Waals surface area contributed by atoms with Crippen LogP contribution in [0, 0.1) is 12.7 Å². The van der Waals surface area contributed by atoms with Crippen molar-refractivity contribution >= 4 is 34.2 Å². The molecule has 1 heterocycles. The smallest absolute Gasteiger partial charge is 0.153 e. The van der Waals surface area contributed by atoms with Gasteiger partial charge in [-0.25, -0.2) is 14.1 Å².